The molecule has 1 aromatic carbocycles. The summed E-state index contributed by atoms with van der Waals surface area (Å²) in [6.07, 6.45) is 4.95. The van der Waals surface area contributed by atoms with Crippen LogP contribution >= 0.6 is 0 Å². The number of ether oxygens (including phenoxy) is 2. The number of likely N-dealkylation sites (tertiary alicyclic amines) is 1. The lowest BCUT2D eigenvalue weighted by Crippen LogP contribution is -2.46. The first kappa shape index (κ1) is 17.0. The van der Waals surface area contributed by atoms with E-state index in [2.05, 4.69) is 15.3 Å². The first-order chi connectivity index (χ1) is 12.2. The van der Waals surface area contributed by atoms with Crippen molar-refractivity contribution in [3.63, 3.8) is 0 Å². The van der Waals surface area contributed by atoms with E-state index in [1.165, 1.54) is 0 Å². The van der Waals surface area contributed by atoms with Gasteiger partial charge < -0.3 is 19.7 Å². The Bertz CT molecular complexity index is 678. The van der Waals surface area contributed by atoms with E-state index in [1.54, 1.807) is 23.4 Å². The third-order valence-electron chi connectivity index (χ3n) is 3.90. The number of aromatic nitrogens is 2. The van der Waals surface area contributed by atoms with Gasteiger partial charge in [-0.05, 0) is 50.1 Å². The molecule has 1 saturated heterocycles. The van der Waals surface area contributed by atoms with E-state index in [9.17, 15) is 4.79 Å². The van der Waals surface area contributed by atoms with Crippen molar-refractivity contribution in [2.45, 2.75) is 25.9 Å². The number of hydrogen-bond acceptors (Lipinski definition) is 5. The second-order valence-electron chi connectivity index (χ2n) is 5.75. The molecular formula is C18H22N4O3. The molecule has 1 fully saturated rings. The van der Waals surface area contributed by atoms with Crippen molar-refractivity contribution in [1.29, 1.82) is 0 Å². The fourth-order valence-electron chi connectivity index (χ4n) is 2.72. The Morgan fingerprint density at radius 3 is 2.76 bits per heavy atom. The van der Waals surface area contributed by atoms with Crippen molar-refractivity contribution < 1.29 is 14.3 Å². The Hall–Kier alpha value is -2.83. The topological polar surface area (TPSA) is 76.6 Å². The molecule has 0 radical (unpaired) electrons. The standard InChI is InChI=1S/C18H22N4O3/c1-2-24-15-8-6-14(7-9-15)21-18(23)22-12-3-5-16(13-22)25-17-19-10-4-11-20-17/h4,6-11,16H,2-3,5,12-13H2,1H3,(H,21,23)/t16-/m0/s1. The second kappa shape index (κ2) is 8.32. The van der Waals surface area contributed by atoms with Crippen LogP contribution in [0.5, 0.6) is 11.8 Å². The van der Waals surface area contributed by atoms with Crippen molar-refractivity contribution in [3.8, 4) is 11.8 Å². The summed E-state index contributed by atoms with van der Waals surface area (Å²) >= 11 is 0. The smallest absolute Gasteiger partial charge is 0.321 e. The number of piperidine rings is 1. The van der Waals surface area contributed by atoms with Crippen LogP contribution < -0.4 is 14.8 Å². The molecule has 2 aromatic rings. The Labute approximate surface area is 147 Å². The van der Waals surface area contributed by atoms with Gasteiger partial charge >= 0.3 is 12.0 Å². The molecule has 1 atom stereocenters. The fraction of sp³-hybridized carbons (Fsp3) is 0.389. The number of nitrogens with one attached hydrogen (secondary N) is 1. The number of hydrogen-bond donors (Lipinski definition) is 1. The highest BCUT2D eigenvalue weighted by Gasteiger charge is 2.25. The van der Waals surface area contributed by atoms with Crippen LogP contribution in [-0.4, -0.2) is 46.7 Å². The number of urea groups is 1. The molecule has 2 heterocycles. The van der Waals surface area contributed by atoms with E-state index in [-0.39, 0.29) is 12.1 Å². The summed E-state index contributed by atoms with van der Waals surface area (Å²) in [5.41, 5.74) is 0.739. The summed E-state index contributed by atoms with van der Waals surface area (Å²) in [6.45, 7) is 3.77. The Morgan fingerprint density at radius 1 is 1.28 bits per heavy atom. The van der Waals surface area contributed by atoms with Gasteiger partial charge in [-0.15, -0.1) is 0 Å². The van der Waals surface area contributed by atoms with Gasteiger partial charge in [0.05, 0.1) is 13.2 Å². The predicted octanol–water partition coefficient (Wildman–Crippen LogP) is 2.95. The van der Waals surface area contributed by atoms with Gasteiger partial charge in [-0.2, -0.15) is 0 Å². The largest absolute Gasteiger partial charge is 0.494 e. The second-order valence-corrected chi connectivity index (χ2v) is 5.75. The lowest BCUT2D eigenvalue weighted by atomic mass is 10.1. The average molecular weight is 342 g/mol. The zero-order valence-corrected chi connectivity index (χ0v) is 14.2. The molecule has 3 rings (SSSR count). The molecule has 132 valence electrons. The van der Waals surface area contributed by atoms with Crippen molar-refractivity contribution in [1.82, 2.24) is 14.9 Å². The third kappa shape index (κ3) is 4.82. The van der Waals surface area contributed by atoms with Crippen LogP contribution in [0.2, 0.25) is 0 Å². The van der Waals surface area contributed by atoms with Gasteiger partial charge in [0.2, 0.25) is 0 Å². The van der Waals surface area contributed by atoms with E-state index in [0.717, 1.165) is 24.3 Å². The molecular weight excluding hydrogens is 320 g/mol. The van der Waals surface area contributed by atoms with Gasteiger partial charge in [0, 0.05) is 24.6 Å². The van der Waals surface area contributed by atoms with Crippen molar-refractivity contribution in [3.05, 3.63) is 42.7 Å². The molecule has 0 unspecified atom stereocenters. The molecule has 7 nitrogen and oxygen atoms in total. The molecule has 25 heavy (non-hydrogen) atoms. The van der Waals surface area contributed by atoms with E-state index < -0.39 is 0 Å². The molecule has 7 heteroatoms. The summed E-state index contributed by atoms with van der Waals surface area (Å²) in [5.74, 6) is 0.787. The number of rotatable bonds is 5. The fourth-order valence-corrected chi connectivity index (χ4v) is 2.72. The van der Waals surface area contributed by atoms with Crippen LogP contribution in [0.1, 0.15) is 19.8 Å². The van der Waals surface area contributed by atoms with Gasteiger partial charge in [-0.1, -0.05) is 0 Å². The molecule has 0 bridgehead atoms. The van der Waals surface area contributed by atoms with Crippen molar-refractivity contribution in [2.75, 3.05) is 25.0 Å². The number of carbonyl (C=O) groups is 1. The zero-order valence-electron chi connectivity index (χ0n) is 14.2. The normalized spacial score (nSPS) is 17.0. The molecule has 1 N–H and O–H groups in total. The number of benzene rings is 1. The summed E-state index contributed by atoms with van der Waals surface area (Å²) in [7, 11) is 0. The first-order valence-electron chi connectivity index (χ1n) is 8.47. The molecule has 0 aliphatic carbocycles. The van der Waals surface area contributed by atoms with Crippen LogP contribution in [-0.2, 0) is 0 Å². The minimum Gasteiger partial charge on any atom is -0.494 e. The van der Waals surface area contributed by atoms with E-state index in [4.69, 9.17) is 9.47 Å². The Morgan fingerprint density at radius 2 is 2.04 bits per heavy atom. The maximum atomic E-state index is 12.5. The van der Waals surface area contributed by atoms with Crippen LogP contribution in [0.15, 0.2) is 42.7 Å². The SMILES string of the molecule is CCOc1ccc(NC(=O)N2CCC[C@H](Oc3ncccn3)C2)cc1. The van der Waals surface area contributed by atoms with Crippen LogP contribution in [0, 0.1) is 0 Å². The first-order valence-corrected chi connectivity index (χ1v) is 8.47. The number of anilines is 1. The summed E-state index contributed by atoms with van der Waals surface area (Å²) in [6, 6.07) is 9.30. The Balaban J connectivity index is 1.54. The number of carbonyl (C=O) groups excluding carboxylic acids is 1. The minimum absolute atomic E-state index is 0.0952. The van der Waals surface area contributed by atoms with Crippen LogP contribution in [0.4, 0.5) is 10.5 Å². The number of nitrogens with zero attached hydrogens (tertiary/aromatic N) is 3. The average Bonchev–Trinajstić information content (AvgIpc) is 2.65. The van der Waals surface area contributed by atoms with E-state index in [0.29, 0.717) is 25.7 Å². The molecule has 0 saturated carbocycles. The molecule has 1 aliphatic rings. The van der Waals surface area contributed by atoms with Crippen molar-refractivity contribution in [2.24, 2.45) is 0 Å². The maximum absolute atomic E-state index is 12.5. The number of amides is 2. The summed E-state index contributed by atoms with van der Waals surface area (Å²) in [4.78, 5) is 22.4. The van der Waals surface area contributed by atoms with Gasteiger partial charge in [-0.3, -0.25) is 0 Å². The van der Waals surface area contributed by atoms with Crippen molar-refractivity contribution >= 4 is 11.7 Å². The summed E-state index contributed by atoms with van der Waals surface area (Å²) < 4.78 is 11.2. The molecule has 1 aliphatic heterocycles. The minimum atomic E-state index is -0.133. The monoisotopic (exact) mass is 342 g/mol. The van der Waals surface area contributed by atoms with Gasteiger partial charge in [0.15, 0.2) is 0 Å². The van der Waals surface area contributed by atoms with Gasteiger partial charge in [-0.25, -0.2) is 14.8 Å². The highest BCUT2D eigenvalue weighted by atomic mass is 16.5. The molecule has 0 spiro atoms. The highest BCUT2D eigenvalue weighted by molar-refractivity contribution is 5.89. The third-order valence-corrected chi connectivity index (χ3v) is 3.90. The maximum Gasteiger partial charge on any atom is 0.321 e. The summed E-state index contributed by atoms with van der Waals surface area (Å²) in [5, 5.41) is 2.91. The van der Waals surface area contributed by atoms with E-state index in [1.807, 2.05) is 31.2 Å². The predicted molar refractivity (Wildman–Crippen MR) is 93.9 cm³/mol. The zero-order chi connectivity index (χ0) is 17.5. The van der Waals surface area contributed by atoms with E-state index >= 15 is 0 Å². The Kier molecular flexibility index (Phi) is 5.66. The molecule has 1 aromatic heterocycles. The van der Waals surface area contributed by atoms with Gasteiger partial charge in [0.25, 0.3) is 0 Å². The highest BCUT2D eigenvalue weighted by Crippen LogP contribution is 2.18. The molecule has 2 amide bonds. The lowest BCUT2D eigenvalue weighted by molar-refractivity contribution is 0.0983. The lowest BCUT2D eigenvalue weighted by Gasteiger charge is -2.32. The van der Waals surface area contributed by atoms with Crippen LogP contribution in [0.25, 0.3) is 0 Å². The quantitative estimate of drug-likeness (QED) is 0.904. The van der Waals surface area contributed by atoms with Crippen LogP contribution in [0.3, 0.4) is 0 Å². The van der Waals surface area contributed by atoms with Gasteiger partial charge in [0.1, 0.15) is 11.9 Å².